The number of fused-ring (bicyclic) bond motifs is 3. The van der Waals surface area contributed by atoms with Crippen LogP contribution >= 0.6 is 0 Å². The van der Waals surface area contributed by atoms with E-state index < -0.39 is 6.04 Å². The molecule has 5 rings (SSSR count). The van der Waals surface area contributed by atoms with E-state index in [0.29, 0.717) is 6.54 Å². The highest BCUT2D eigenvalue weighted by atomic mass is 16.5. The van der Waals surface area contributed by atoms with E-state index in [2.05, 4.69) is 28.1 Å². The summed E-state index contributed by atoms with van der Waals surface area (Å²) in [5.41, 5.74) is 4.53. The van der Waals surface area contributed by atoms with Gasteiger partial charge >= 0.3 is 0 Å². The maximum atomic E-state index is 12.8. The lowest BCUT2D eigenvalue weighted by Gasteiger charge is -2.39. The highest BCUT2D eigenvalue weighted by Crippen LogP contribution is 2.41. The predicted octanol–water partition coefficient (Wildman–Crippen LogP) is 2.88. The number of carbonyl (C=O) groups is 2. The number of likely N-dealkylation sites (tertiary alicyclic amines) is 1. The molecule has 3 heterocycles. The topological polar surface area (TPSA) is 65.6 Å². The Balaban J connectivity index is 1.66. The average molecular weight is 389 g/mol. The Labute approximate surface area is 169 Å². The molecule has 2 unspecified atom stereocenters. The van der Waals surface area contributed by atoms with Crippen molar-refractivity contribution in [2.45, 2.75) is 24.9 Å². The van der Waals surface area contributed by atoms with Crippen LogP contribution in [0.2, 0.25) is 0 Å². The van der Waals surface area contributed by atoms with Crippen LogP contribution in [0.25, 0.3) is 10.9 Å². The van der Waals surface area contributed by atoms with Crippen LogP contribution in [0.15, 0.2) is 48.5 Å². The summed E-state index contributed by atoms with van der Waals surface area (Å²) in [5.74, 6) is 0.604. The zero-order valence-corrected chi connectivity index (χ0v) is 16.5. The number of amides is 2. The van der Waals surface area contributed by atoms with Gasteiger partial charge in [0.05, 0.1) is 25.6 Å². The summed E-state index contributed by atoms with van der Waals surface area (Å²) >= 11 is 0. The molecule has 0 spiro atoms. The summed E-state index contributed by atoms with van der Waals surface area (Å²) in [6, 6.07) is 15.7. The molecule has 2 atom stereocenters. The second-order valence-corrected chi connectivity index (χ2v) is 7.74. The lowest BCUT2D eigenvalue weighted by Crippen LogP contribution is -2.46. The van der Waals surface area contributed by atoms with Gasteiger partial charge < -0.3 is 9.72 Å². The van der Waals surface area contributed by atoms with E-state index in [1.165, 1.54) is 10.5 Å². The van der Waals surface area contributed by atoms with Gasteiger partial charge in [0.2, 0.25) is 11.8 Å². The van der Waals surface area contributed by atoms with Crippen LogP contribution in [-0.4, -0.2) is 53.3 Å². The molecular formula is C23H23N3O3. The van der Waals surface area contributed by atoms with Crippen molar-refractivity contribution in [2.75, 3.05) is 20.7 Å². The van der Waals surface area contributed by atoms with Crippen LogP contribution in [0.3, 0.4) is 0 Å². The molecule has 1 fully saturated rings. The number of rotatable bonds is 3. The zero-order valence-electron chi connectivity index (χ0n) is 16.5. The van der Waals surface area contributed by atoms with Crippen LogP contribution in [0.4, 0.5) is 0 Å². The largest absolute Gasteiger partial charge is 0.497 e. The molecule has 2 aromatic carbocycles. The van der Waals surface area contributed by atoms with Crippen molar-refractivity contribution < 1.29 is 14.3 Å². The fraction of sp³-hybridized carbons (Fsp3) is 0.304. The van der Waals surface area contributed by atoms with E-state index in [1.807, 2.05) is 30.3 Å². The fourth-order valence-electron chi connectivity index (χ4n) is 4.74. The lowest BCUT2D eigenvalue weighted by atomic mass is 9.90. The van der Waals surface area contributed by atoms with Gasteiger partial charge in [0, 0.05) is 30.2 Å². The summed E-state index contributed by atoms with van der Waals surface area (Å²) in [6.45, 7) is 0.717. The van der Waals surface area contributed by atoms with Gasteiger partial charge in [-0.05, 0) is 35.7 Å². The van der Waals surface area contributed by atoms with Crippen LogP contribution < -0.4 is 4.74 Å². The Morgan fingerprint density at radius 2 is 1.90 bits per heavy atom. The molecule has 2 amide bonds. The van der Waals surface area contributed by atoms with Crippen molar-refractivity contribution >= 4 is 22.7 Å². The number of methoxy groups -OCH3 is 1. The summed E-state index contributed by atoms with van der Waals surface area (Å²) < 4.78 is 5.42. The van der Waals surface area contributed by atoms with Gasteiger partial charge in [-0.1, -0.05) is 30.3 Å². The number of H-pyrrole nitrogens is 1. The van der Waals surface area contributed by atoms with Crippen molar-refractivity contribution in [3.63, 3.8) is 0 Å². The molecule has 148 valence electrons. The minimum Gasteiger partial charge on any atom is -0.497 e. The van der Waals surface area contributed by atoms with E-state index in [0.717, 1.165) is 34.3 Å². The molecular weight excluding hydrogens is 366 g/mol. The second-order valence-electron chi connectivity index (χ2n) is 7.74. The maximum absolute atomic E-state index is 12.8. The Morgan fingerprint density at radius 1 is 1.10 bits per heavy atom. The molecule has 0 bridgehead atoms. The van der Waals surface area contributed by atoms with Crippen molar-refractivity contribution in [1.29, 1.82) is 0 Å². The molecule has 1 N–H and O–H groups in total. The molecule has 1 aromatic heterocycles. The van der Waals surface area contributed by atoms with Gasteiger partial charge in [-0.15, -0.1) is 0 Å². The molecule has 0 radical (unpaired) electrons. The summed E-state index contributed by atoms with van der Waals surface area (Å²) in [6.07, 6.45) is 1.05. The number of hydrogen-bond acceptors (Lipinski definition) is 4. The van der Waals surface area contributed by atoms with Crippen LogP contribution in [-0.2, 0) is 16.0 Å². The number of likely N-dealkylation sites (N-methyl/N-ethyl adjacent to an activating group) is 1. The van der Waals surface area contributed by atoms with Gasteiger partial charge in [0.15, 0.2) is 0 Å². The number of aromatic nitrogens is 1. The first-order valence-electron chi connectivity index (χ1n) is 9.88. The van der Waals surface area contributed by atoms with Crippen LogP contribution in [0.1, 0.15) is 29.3 Å². The Hall–Kier alpha value is -3.12. The molecule has 3 aromatic rings. The van der Waals surface area contributed by atoms with Gasteiger partial charge in [0.25, 0.3) is 0 Å². The predicted molar refractivity (Wildman–Crippen MR) is 110 cm³/mol. The third-order valence-electron chi connectivity index (χ3n) is 6.24. The second kappa shape index (κ2) is 6.74. The Bertz CT molecular complexity index is 1110. The minimum atomic E-state index is -0.424. The number of nitrogens with one attached hydrogen (secondary N) is 1. The van der Waals surface area contributed by atoms with Crippen LogP contribution in [0, 0.1) is 0 Å². The first-order chi connectivity index (χ1) is 14.1. The van der Waals surface area contributed by atoms with E-state index in [-0.39, 0.29) is 24.3 Å². The number of hydrogen-bond donors (Lipinski definition) is 1. The Kier molecular flexibility index (Phi) is 4.17. The molecule has 2 aliphatic heterocycles. The first kappa shape index (κ1) is 17.9. The van der Waals surface area contributed by atoms with Crippen molar-refractivity contribution in [2.24, 2.45) is 0 Å². The van der Waals surface area contributed by atoms with Gasteiger partial charge in [-0.3, -0.25) is 19.4 Å². The highest BCUT2D eigenvalue weighted by molar-refractivity contribution is 6.05. The molecule has 0 saturated carbocycles. The lowest BCUT2D eigenvalue weighted by molar-refractivity contribution is -0.138. The average Bonchev–Trinajstić information content (AvgIpc) is 3.25. The smallest absolute Gasteiger partial charge is 0.246 e. The molecule has 0 aliphatic carbocycles. The number of carbonyl (C=O) groups excluding carboxylic acids is 2. The van der Waals surface area contributed by atoms with E-state index in [9.17, 15) is 9.59 Å². The quantitative estimate of drug-likeness (QED) is 0.700. The third kappa shape index (κ3) is 2.75. The molecule has 6 nitrogen and oxygen atoms in total. The number of imide groups is 1. The minimum absolute atomic E-state index is 0.105. The zero-order chi connectivity index (χ0) is 20.1. The summed E-state index contributed by atoms with van der Waals surface area (Å²) in [4.78, 5) is 32.0. The Morgan fingerprint density at radius 3 is 2.59 bits per heavy atom. The van der Waals surface area contributed by atoms with E-state index >= 15 is 0 Å². The molecule has 29 heavy (non-hydrogen) atoms. The molecule has 2 aliphatic rings. The first-order valence-corrected chi connectivity index (χ1v) is 9.88. The van der Waals surface area contributed by atoms with Crippen molar-refractivity contribution in [3.8, 4) is 5.75 Å². The van der Waals surface area contributed by atoms with Gasteiger partial charge in [0.1, 0.15) is 5.75 Å². The van der Waals surface area contributed by atoms with Crippen molar-refractivity contribution in [3.05, 3.63) is 65.4 Å². The van der Waals surface area contributed by atoms with Crippen LogP contribution in [0.5, 0.6) is 5.75 Å². The maximum Gasteiger partial charge on any atom is 0.246 e. The third-order valence-corrected chi connectivity index (χ3v) is 6.24. The van der Waals surface area contributed by atoms with Gasteiger partial charge in [-0.25, -0.2) is 0 Å². The van der Waals surface area contributed by atoms with Crippen molar-refractivity contribution in [1.82, 2.24) is 14.8 Å². The summed E-state index contributed by atoms with van der Waals surface area (Å²) in [5, 5.41) is 1.16. The van der Waals surface area contributed by atoms with Gasteiger partial charge in [-0.2, -0.15) is 0 Å². The number of aromatic amines is 1. The number of ether oxygens (including phenoxy) is 1. The molecule has 1 saturated heterocycles. The number of nitrogens with zero attached hydrogens (tertiary/aromatic N) is 2. The van der Waals surface area contributed by atoms with E-state index in [1.54, 1.807) is 14.2 Å². The highest BCUT2D eigenvalue weighted by Gasteiger charge is 2.45. The van der Waals surface area contributed by atoms with E-state index in [4.69, 9.17) is 4.74 Å². The fourth-order valence-corrected chi connectivity index (χ4v) is 4.74. The standard InChI is InChI=1S/C23H23N3O3/c1-25-20(27)13-19(23(25)28)26-11-10-16-17-12-15(29-2)8-9-18(17)24-21(16)22(26)14-6-4-3-5-7-14/h3-9,12,19,22,24H,10-11,13H2,1-2H3. The summed E-state index contributed by atoms with van der Waals surface area (Å²) in [7, 11) is 3.25. The SMILES string of the molecule is COc1ccc2[nH]c3c(c2c1)CCN(C1CC(=O)N(C)C1=O)C3c1ccccc1. The molecule has 6 heteroatoms. The number of benzene rings is 2. The normalized spacial score (nSPS) is 22.3. The monoisotopic (exact) mass is 389 g/mol.